The van der Waals surface area contributed by atoms with E-state index in [4.69, 9.17) is 15.4 Å². The van der Waals surface area contributed by atoms with Crippen LogP contribution in [0.5, 0.6) is 0 Å². The van der Waals surface area contributed by atoms with Crippen LogP contribution in [0.1, 0.15) is 11.9 Å². The highest BCUT2D eigenvalue weighted by Gasteiger charge is 2.15. The molecule has 0 aliphatic carbocycles. The third-order valence-electron chi connectivity index (χ3n) is 1.62. The van der Waals surface area contributed by atoms with Gasteiger partial charge in [-0.25, -0.2) is 4.98 Å². The fourth-order valence-corrected chi connectivity index (χ4v) is 1.42. The predicted molar refractivity (Wildman–Crippen MR) is 49.4 cm³/mol. The molecule has 2 heterocycles. The van der Waals surface area contributed by atoms with Crippen LogP contribution in [0.3, 0.4) is 0 Å². The third-order valence-corrected chi connectivity index (χ3v) is 2.20. The number of thiazole rings is 1. The number of aliphatic hydroxyl groups is 1. The molecule has 74 valence electrons. The first-order valence-electron chi connectivity index (χ1n) is 3.90. The van der Waals surface area contributed by atoms with Crippen molar-refractivity contribution in [1.29, 1.82) is 0 Å². The van der Waals surface area contributed by atoms with Crippen LogP contribution < -0.4 is 5.73 Å². The Labute approximate surface area is 83.4 Å². The summed E-state index contributed by atoms with van der Waals surface area (Å²) in [7, 11) is 0. The third kappa shape index (κ3) is 1.65. The maximum atomic E-state index is 8.76. The molecule has 0 amide bonds. The number of nitrogens with zero attached hydrogens (tertiary/aromatic N) is 3. The largest absolute Gasteiger partial charge is 0.394 e. The zero-order valence-electron chi connectivity index (χ0n) is 7.12. The van der Waals surface area contributed by atoms with Crippen molar-refractivity contribution in [2.75, 3.05) is 6.61 Å². The molecule has 14 heavy (non-hydrogen) atoms. The second kappa shape index (κ2) is 3.82. The van der Waals surface area contributed by atoms with E-state index in [1.807, 2.05) is 0 Å². The van der Waals surface area contributed by atoms with Crippen LogP contribution in [0, 0.1) is 0 Å². The predicted octanol–water partition coefficient (Wildman–Crippen LogP) is 0.185. The molecule has 0 bridgehead atoms. The van der Waals surface area contributed by atoms with Gasteiger partial charge < -0.3 is 15.4 Å². The molecule has 0 unspecified atom stereocenters. The van der Waals surface area contributed by atoms with Gasteiger partial charge in [-0.3, -0.25) is 0 Å². The van der Waals surface area contributed by atoms with Gasteiger partial charge in [0.05, 0.1) is 12.1 Å². The smallest absolute Gasteiger partial charge is 0.246 e. The summed E-state index contributed by atoms with van der Waals surface area (Å²) in [6.45, 7) is -0.224. The standard InChI is InChI=1S/C7H8N4O2S/c8-4(1-12)7-10-6(11-13-7)5-2-14-3-9-5/h2-4,12H,1,8H2/t4-/m0/s1. The Hall–Kier alpha value is -1.31. The van der Waals surface area contributed by atoms with Crippen LogP contribution in [0.15, 0.2) is 15.4 Å². The molecule has 2 aromatic heterocycles. The van der Waals surface area contributed by atoms with Crippen molar-refractivity contribution >= 4 is 11.3 Å². The SMILES string of the molecule is N[C@@H](CO)c1nc(-c2cscn2)no1. The first kappa shape index (κ1) is 9.25. The Bertz CT molecular complexity index is 399. The molecule has 0 saturated heterocycles. The quantitative estimate of drug-likeness (QED) is 0.753. The lowest BCUT2D eigenvalue weighted by Crippen LogP contribution is -2.14. The van der Waals surface area contributed by atoms with E-state index in [9.17, 15) is 0 Å². The topological polar surface area (TPSA) is 98.1 Å². The van der Waals surface area contributed by atoms with Crippen LogP contribution in [-0.2, 0) is 0 Å². The van der Waals surface area contributed by atoms with Crippen molar-refractivity contribution in [3.05, 3.63) is 16.8 Å². The minimum atomic E-state index is -0.630. The van der Waals surface area contributed by atoms with Gasteiger partial charge in [0, 0.05) is 5.38 Å². The zero-order valence-corrected chi connectivity index (χ0v) is 7.94. The molecule has 0 aliphatic heterocycles. The summed E-state index contributed by atoms with van der Waals surface area (Å²) in [5.41, 5.74) is 7.82. The Kier molecular flexibility index (Phi) is 2.53. The van der Waals surface area contributed by atoms with E-state index in [2.05, 4.69) is 15.1 Å². The number of hydrogen-bond acceptors (Lipinski definition) is 7. The summed E-state index contributed by atoms with van der Waals surface area (Å²) in [6.07, 6.45) is 0. The lowest BCUT2D eigenvalue weighted by Gasteiger charge is -1.98. The number of nitrogens with two attached hydrogens (primary N) is 1. The molecule has 0 saturated carbocycles. The van der Waals surface area contributed by atoms with Gasteiger partial charge in [0.2, 0.25) is 11.7 Å². The maximum absolute atomic E-state index is 8.76. The van der Waals surface area contributed by atoms with E-state index in [0.29, 0.717) is 11.5 Å². The summed E-state index contributed by atoms with van der Waals surface area (Å²) in [5, 5.41) is 14.3. The number of aromatic nitrogens is 3. The van der Waals surface area contributed by atoms with Crippen LogP contribution in [0.25, 0.3) is 11.5 Å². The molecule has 0 aromatic carbocycles. The molecule has 2 aromatic rings. The molecule has 0 fully saturated rings. The minimum absolute atomic E-state index is 0.218. The lowest BCUT2D eigenvalue weighted by molar-refractivity contribution is 0.237. The number of aliphatic hydroxyl groups excluding tert-OH is 1. The number of hydrogen-bond donors (Lipinski definition) is 2. The Morgan fingerprint density at radius 1 is 1.64 bits per heavy atom. The average Bonchev–Trinajstić information content (AvgIpc) is 2.86. The lowest BCUT2D eigenvalue weighted by atomic mass is 10.3. The molecule has 6 nitrogen and oxygen atoms in total. The van der Waals surface area contributed by atoms with Crippen molar-refractivity contribution in [1.82, 2.24) is 15.1 Å². The summed E-state index contributed by atoms with van der Waals surface area (Å²) < 4.78 is 4.86. The van der Waals surface area contributed by atoms with Gasteiger partial charge in [-0.05, 0) is 0 Å². The van der Waals surface area contributed by atoms with Gasteiger partial charge in [-0.15, -0.1) is 11.3 Å². The molecule has 1 atom stereocenters. The molecule has 0 radical (unpaired) electrons. The van der Waals surface area contributed by atoms with Crippen molar-refractivity contribution in [3.63, 3.8) is 0 Å². The fourth-order valence-electron chi connectivity index (χ4n) is 0.891. The van der Waals surface area contributed by atoms with E-state index in [0.717, 1.165) is 0 Å². The van der Waals surface area contributed by atoms with E-state index >= 15 is 0 Å². The van der Waals surface area contributed by atoms with E-state index in [1.165, 1.54) is 11.3 Å². The monoisotopic (exact) mass is 212 g/mol. The molecule has 0 spiro atoms. The van der Waals surface area contributed by atoms with Crippen molar-refractivity contribution in [2.45, 2.75) is 6.04 Å². The zero-order chi connectivity index (χ0) is 9.97. The molecule has 7 heteroatoms. The van der Waals surface area contributed by atoms with E-state index in [-0.39, 0.29) is 12.5 Å². The second-order valence-electron chi connectivity index (χ2n) is 2.62. The normalized spacial score (nSPS) is 13.0. The molecule has 0 aliphatic rings. The Balaban J connectivity index is 2.26. The summed E-state index contributed by atoms with van der Waals surface area (Å²) >= 11 is 1.44. The number of rotatable bonds is 3. The van der Waals surface area contributed by atoms with Crippen molar-refractivity contribution in [3.8, 4) is 11.5 Å². The fraction of sp³-hybridized carbons (Fsp3) is 0.286. The van der Waals surface area contributed by atoms with Gasteiger partial charge in [-0.2, -0.15) is 4.98 Å². The van der Waals surface area contributed by atoms with Gasteiger partial charge >= 0.3 is 0 Å². The molecule has 3 N–H and O–H groups in total. The van der Waals surface area contributed by atoms with Crippen LogP contribution >= 0.6 is 11.3 Å². The van der Waals surface area contributed by atoms with Crippen LogP contribution in [0.2, 0.25) is 0 Å². The van der Waals surface area contributed by atoms with Crippen LogP contribution in [0.4, 0.5) is 0 Å². The first-order chi connectivity index (χ1) is 6.81. The summed E-state index contributed by atoms with van der Waals surface area (Å²) in [5.74, 6) is 0.612. The highest BCUT2D eigenvalue weighted by Crippen LogP contribution is 2.17. The average molecular weight is 212 g/mol. The van der Waals surface area contributed by atoms with Gasteiger partial charge in [-0.1, -0.05) is 5.16 Å². The van der Waals surface area contributed by atoms with E-state index < -0.39 is 6.04 Å². The Morgan fingerprint density at radius 2 is 2.50 bits per heavy atom. The van der Waals surface area contributed by atoms with Crippen molar-refractivity contribution < 1.29 is 9.63 Å². The summed E-state index contributed by atoms with van der Waals surface area (Å²) in [4.78, 5) is 8.02. The highest BCUT2D eigenvalue weighted by atomic mass is 32.1. The second-order valence-corrected chi connectivity index (χ2v) is 3.34. The van der Waals surface area contributed by atoms with Gasteiger partial charge in [0.15, 0.2) is 0 Å². The van der Waals surface area contributed by atoms with Gasteiger partial charge in [0.25, 0.3) is 0 Å². The van der Waals surface area contributed by atoms with Crippen molar-refractivity contribution in [2.24, 2.45) is 5.73 Å². The Morgan fingerprint density at radius 3 is 3.14 bits per heavy atom. The highest BCUT2D eigenvalue weighted by molar-refractivity contribution is 7.07. The summed E-state index contributed by atoms with van der Waals surface area (Å²) in [6, 6.07) is -0.630. The molecular weight excluding hydrogens is 204 g/mol. The van der Waals surface area contributed by atoms with Crippen LogP contribution in [-0.4, -0.2) is 26.8 Å². The maximum Gasteiger partial charge on any atom is 0.246 e. The van der Waals surface area contributed by atoms with E-state index in [1.54, 1.807) is 10.9 Å². The first-order valence-corrected chi connectivity index (χ1v) is 4.84. The molecular formula is C7H8N4O2S. The van der Waals surface area contributed by atoms with Gasteiger partial charge in [0.1, 0.15) is 11.7 Å². The minimum Gasteiger partial charge on any atom is -0.394 e. The molecule has 2 rings (SSSR count).